The van der Waals surface area contributed by atoms with Crippen molar-refractivity contribution in [1.29, 1.82) is 0 Å². The average molecular weight is 358 g/mol. The summed E-state index contributed by atoms with van der Waals surface area (Å²) in [5.41, 5.74) is 0.600. The second-order valence-electron chi connectivity index (χ2n) is 5.90. The fourth-order valence-corrected chi connectivity index (χ4v) is 3.29. The van der Waals surface area contributed by atoms with Gasteiger partial charge < -0.3 is 10.6 Å². The van der Waals surface area contributed by atoms with E-state index in [0.29, 0.717) is 12.1 Å². The number of sulfonamides is 1. The van der Waals surface area contributed by atoms with Crippen LogP contribution in [-0.4, -0.2) is 25.5 Å². The predicted octanol–water partition coefficient (Wildman–Crippen LogP) is 2.23. The van der Waals surface area contributed by atoms with Gasteiger partial charge in [-0.3, -0.25) is 4.79 Å². The van der Waals surface area contributed by atoms with Crippen molar-refractivity contribution in [1.82, 2.24) is 10.0 Å². The Bertz CT molecular complexity index is 653. The van der Waals surface area contributed by atoms with E-state index in [9.17, 15) is 13.2 Å². The predicted molar refractivity (Wildman–Crippen MR) is 95.7 cm³/mol. The highest BCUT2D eigenvalue weighted by molar-refractivity contribution is 7.89. The molecule has 0 aliphatic rings. The highest BCUT2D eigenvalue weighted by Gasteiger charge is 2.15. The Morgan fingerprint density at radius 1 is 1.13 bits per heavy atom. The number of rotatable bonds is 6. The van der Waals surface area contributed by atoms with Crippen LogP contribution in [0.4, 0.5) is 5.69 Å². The number of anilines is 1. The highest BCUT2D eigenvalue weighted by Crippen LogP contribution is 2.14. The molecular weight excluding hydrogens is 334 g/mol. The molecule has 1 aromatic rings. The molecule has 1 aromatic carbocycles. The quantitative estimate of drug-likeness (QED) is 0.680. The zero-order valence-electron chi connectivity index (χ0n) is 13.7. The standard InChI is InChI=1S/C15H23N3O3S2/c1-10(2)9-14(19)17-15(22)16-12-5-7-13(8-6-12)23(20,21)18-11(3)4/h5-8,10-11,18H,9H2,1-4H3,(H2,16,17,19,22). The molecule has 0 heterocycles. The molecule has 1 rings (SSSR count). The Labute approximate surface area is 143 Å². The summed E-state index contributed by atoms with van der Waals surface area (Å²) < 4.78 is 26.5. The normalized spacial score (nSPS) is 11.6. The van der Waals surface area contributed by atoms with Crippen molar-refractivity contribution in [2.45, 2.75) is 45.1 Å². The van der Waals surface area contributed by atoms with Crippen LogP contribution in [0.5, 0.6) is 0 Å². The number of amides is 1. The molecule has 0 radical (unpaired) electrons. The molecular formula is C15H23N3O3S2. The van der Waals surface area contributed by atoms with Gasteiger partial charge in [0, 0.05) is 18.2 Å². The zero-order valence-corrected chi connectivity index (χ0v) is 15.3. The first-order valence-electron chi connectivity index (χ1n) is 7.33. The average Bonchev–Trinajstić information content (AvgIpc) is 2.36. The second kappa shape index (κ2) is 8.37. The summed E-state index contributed by atoms with van der Waals surface area (Å²) in [6, 6.07) is 5.96. The summed E-state index contributed by atoms with van der Waals surface area (Å²) in [7, 11) is -3.52. The summed E-state index contributed by atoms with van der Waals surface area (Å²) in [6.45, 7) is 7.40. The van der Waals surface area contributed by atoms with E-state index in [1.165, 1.54) is 12.1 Å². The Morgan fingerprint density at radius 3 is 2.17 bits per heavy atom. The first kappa shape index (κ1) is 19.5. The maximum Gasteiger partial charge on any atom is 0.240 e. The molecule has 1 amide bonds. The number of carbonyl (C=O) groups is 1. The Hall–Kier alpha value is -1.51. The molecule has 0 unspecified atom stereocenters. The molecule has 3 N–H and O–H groups in total. The molecule has 6 nitrogen and oxygen atoms in total. The lowest BCUT2D eigenvalue weighted by molar-refractivity contribution is -0.120. The van der Waals surface area contributed by atoms with E-state index in [1.54, 1.807) is 26.0 Å². The molecule has 0 atom stereocenters. The van der Waals surface area contributed by atoms with Crippen LogP contribution in [0.3, 0.4) is 0 Å². The minimum Gasteiger partial charge on any atom is -0.332 e. The van der Waals surface area contributed by atoms with E-state index in [4.69, 9.17) is 12.2 Å². The van der Waals surface area contributed by atoms with Crippen molar-refractivity contribution < 1.29 is 13.2 Å². The first-order chi connectivity index (χ1) is 10.6. The third-order valence-corrected chi connectivity index (χ3v) is 4.54. The van der Waals surface area contributed by atoms with E-state index < -0.39 is 10.0 Å². The van der Waals surface area contributed by atoms with E-state index >= 15 is 0 Å². The van der Waals surface area contributed by atoms with Crippen molar-refractivity contribution in [3.05, 3.63) is 24.3 Å². The van der Waals surface area contributed by atoms with E-state index in [2.05, 4.69) is 15.4 Å². The lowest BCUT2D eigenvalue weighted by atomic mass is 10.1. The van der Waals surface area contributed by atoms with E-state index in [0.717, 1.165) is 0 Å². The Balaban J connectivity index is 2.67. The van der Waals surface area contributed by atoms with E-state index in [-0.39, 0.29) is 27.9 Å². The molecule has 0 aromatic heterocycles. The minimum absolute atomic E-state index is 0.155. The third kappa shape index (κ3) is 7.06. The van der Waals surface area contributed by atoms with Crippen molar-refractivity contribution in [3.63, 3.8) is 0 Å². The van der Waals surface area contributed by atoms with Gasteiger partial charge in [0.1, 0.15) is 0 Å². The maximum atomic E-state index is 12.0. The lowest BCUT2D eigenvalue weighted by Gasteiger charge is -2.12. The number of nitrogens with one attached hydrogen (secondary N) is 3. The van der Waals surface area contributed by atoms with Crippen molar-refractivity contribution >= 4 is 38.9 Å². The van der Waals surface area contributed by atoms with Gasteiger partial charge in [-0.05, 0) is 56.2 Å². The van der Waals surface area contributed by atoms with Gasteiger partial charge in [0.05, 0.1) is 4.90 Å². The Morgan fingerprint density at radius 2 is 1.70 bits per heavy atom. The van der Waals surface area contributed by atoms with Crippen LogP contribution >= 0.6 is 12.2 Å². The van der Waals surface area contributed by atoms with Crippen LogP contribution < -0.4 is 15.4 Å². The Kier molecular flexibility index (Phi) is 7.11. The molecule has 0 aliphatic heterocycles. The van der Waals surface area contributed by atoms with Gasteiger partial charge in [0.25, 0.3) is 0 Å². The smallest absolute Gasteiger partial charge is 0.240 e. The van der Waals surface area contributed by atoms with Crippen LogP contribution in [0.15, 0.2) is 29.2 Å². The topological polar surface area (TPSA) is 87.3 Å². The highest BCUT2D eigenvalue weighted by atomic mass is 32.2. The van der Waals surface area contributed by atoms with Gasteiger partial charge in [0.15, 0.2) is 5.11 Å². The molecule has 128 valence electrons. The minimum atomic E-state index is -3.52. The SMILES string of the molecule is CC(C)CC(=O)NC(=S)Nc1ccc(S(=O)(=O)NC(C)C)cc1. The van der Waals surface area contributed by atoms with Crippen molar-refractivity contribution in [2.24, 2.45) is 5.92 Å². The first-order valence-corrected chi connectivity index (χ1v) is 9.22. The van der Waals surface area contributed by atoms with Crippen LogP contribution in [0.25, 0.3) is 0 Å². The van der Waals surface area contributed by atoms with Crippen LogP contribution in [0, 0.1) is 5.92 Å². The largest absolute Gasteiger partial charge is 0.332 e. The second-order valence-corrected chi connectivity index (χ2v) is 8.02. The van der Waals surface area contributed by atoms with Crippen LogP contribution in [-0.2, 0) is 14.8 Å². The summed E-state index contributed by atoms with van der Waals surface area (Å²) in [6.07, 6.45) is 0.389. The van der Waals surface area contributed by atoms with Crippen molar-refractivity contribution in [2.75, 3.05) is 5.32 Å². The molecule has 23 heavy (non-hydrogen) atoms. The summed E-state index contributed by atoms with van der Waals surface area (Å²) >= 11 is 5.05. The number of hydrogen-bond acceptors (Lipinski definition) is 4. The van der Waals surface area contributed by atoms with Crippen molar-refractivity contribution in [3.8, 4) is 0 Å². The molecule has 0 aliphatic carbocycles. The number of benzene rings is 1. The molecule has 0 spiro atoms. The van der Waals surface area contributed by atoms with Crippen LogP contribution in [0.2, 0.25) is 0 Å². The number of carbonyl (C=O) groups excluding carboxylic acids is 1. The van der Waals surface area contributed by atoms with Gasteiger partial charge in [-0.25, -0.2) is 13.1 Å². The van der Waals surface area contributed by atoms with Gasteiger partial charge in [-0.15, -0.1) is 0 Å². The lowest BCUT2D eigenvalue weighted by Crippen LogP contribution is -2.34. The molecule has 0 saturated heterocycles. The molecule has 8 heteroatoms. The zero-order chi connectivity index (χ0) is 17.6. The van der Waals surface area contributed by atoms with Gasteiger partial charge in [0.2, 0.25) is 15.9 Å². The number of hydrogen-bond donors (Lipinski definition) is 3. The third-order valence-electron chi connectivity index (χ3n) is 2.66. The summed E-state index contributed by atoms with van der Waals surface area (Å²) in [5.74, 6) is 0.0913. The fraction of sp³-hybridized carbons (Fsp3) is 0.467. The van der Waals surface area contributed by atoms with Gasteiger partial charge in [-0.1, -0.05) is 13.8 Å². The van der Waals surface area contributed by atoms with Crippen LogP contribution in [0.1, 0.15) is 34.1 Å². The summed E-state index contributed by atoms with van der Waals surface area (Å²) in [4.78, 5) is 11.8. The van der Waals surface area contributed by atoms with Gasteiger partial charge in [-0.2, -0.15) is 0 Å². The van der Waals surface area contributed by atoms with Gasteiger partial charge >= 0.3 is 0 Å². The molecule has 0 bridgehead atoms. The molecule has 0 saturated carbocycles. The maximum absolute atomic E-state index is 12.0. The monoisotopic (exact) mass is 357 g/mol. The number of thiocarbonyl (C=S) groups is 1. The fourth-order valence-electron chi connectivity index (χ4n) is 1.81. The molecule has 0 fully saturated rings. The van der Waals surface area contributed by atoms with E-state index in [1.807, 2.05) is 13.8 Å². The summed E-state index contributed by atoms with van der Waals surface area (Å²) in [5, 5.41) is 5.62.